The SMILES string of the molecule is C/C=C\C(=C/C)CN(C)CC(CC(C)(C)C)OC. The third-order valence-electron chi connectivity index (χ3n) is 2.89. The van der Waals surface area contributed by atoms with Crippen molar-refractivity contribution in [2.75, 3.05) is 27.2 Å². The molecule has 0 saturated heterocycles. The number of ether oxygens (including phenoxy) is 1. The first-order valence-corrected chi connectivity index (χ1v) is 6.81. The highest BCUT2D eigenvalue weighted by atomic mass is 16.5. The monoisotopic (exact) mass is 253 g/mol. The second kappa shape index (κ2) is 8.49. The zero-order chi connectivity index (χ0) is 14.2. The zero-order valence-corrected chi connectivity index (χ0v) is 13.3. The normalized spacial score (nSPS) is 15.7. The Morgan fingerprint density at radius 3 is 2.28 bits per heavy atom. The molecule has 0 aliphatic carbocycles. The van der Waals surface area contributed by atoms with E-state index in [1.807, 2.05) is 7.11 Å². The van der Waals surface area contributed by atoms with Crippen molar-refractivity contribution in [1.82, 2.24) is 4.90 Å². The number of hydrogen-bond acceptors (Lipinski definition) is 2. The molecule has 0 aliphatic rings. The van der Waals surface area contributed by atoms with E-state index >= 15 is 0 Å². The molecule has 0 saturated carbocycles. The third kappa shape index (κ3) is 8.48. The Morgan fingerprint density at radius 1 is 1.28 bits per heavy atom. The molecule has 0 aromatic rings. The van der Waals surface area contributed by atoms with Crippen molar-refractivity contribution in [1.29, 1.82) is 0 Å². The van der Waals surface area contributed by atoms with Gasteiger partial charge < -0.3 is 4.74 Å². The van der Waals surface area contributed by atoms with Gasteiger partial charge in [0.1, 0.15) is 0 Å². The fourth-order valence-corrected chi connectivity index (χ4v) is 2.08. The molecule has 2 nitrogen and oxygen atoms in total. The molecule has 0 spiro atoms. The first-order valence-electron chi connectivity index (χ1n) is 6.81. The summed E-state index contributed by atoms with van der Waals surface area (Å²) in [7, 11) is 3.97. The molecule has 1 atom stereocenters. The summed E-state index contributed by atoms with van der Waals surface area (Å²) in [4.78, 5) is 2.33. The van der Waals surface area contributed by atoms with E-state index in [2.05, 4.69) is 64.8 Å². The quantitative estimate of drug-likeness (QED) is 0.638. The maximum absolute atomic E-state index is 5.59. The summed E-state index contributed by atoms with van der Waals surface area (Å²) >= 11 is 0. The summed E-state index contributed by atoms with van der Waals surface area (Å²) in [6.07, 6.45) is 7.82. The van der Waals surface area contributed by atoms with Gasteiger partial charge in [-0.05, 0) is 38.3 Å². The second-order valence-corrected chi connectivity index (χ2v) is 6.18. The van der Waals surface area contributed by atoms with Crippen LogP contribution in [0.1, 0.15) is 41.0 Å². The van der Waals surface area contributed by atoms with Crippen molar-refractivity contribution in [3.05, 3.63) is 23.8 Å². The van der Waals surface area contributed by atoms with Gasteiger partial charge in [0.15, 0.2) is 0 Å². The number of nitrogens with zero attached hydrogens (tertiary/aromatic N) is 1. The van der Waals surface area contributed by atoms with E-state index in [1.54, 1.807) is 0 Å². The molecule has 18 heavy (non-hydrogen) atoms. The van der Waals surface area contributed by atoms with Crippen LogP contribution in [0.2, 0.25) is 0 Å². The van der Waals surface area contributed by atoms with Crippen LogP contribution >= 0.6 is 0 Å². The van der Waals surface area contributed by atoms with Crippen LogP contribution in [-0.4, -0.2) is 38.3 Å². The fourth-order valence-electron chi connectivity index (χ4n) is 2.08. The lowest BCUT2D eigenvalue weighted by atomic mass is 9.89. The minimum atomic E-state index is 0.304. The summed E-state index contributed by atoms with van der Waals surface area (Å²) in [5.41, 5.74) is 1.67. The number of likely N-dealkylation sites (N-methyl/N-ethyl adjacent to an activating group) is 1. The number of hydrogen-bond donors (Lipinski definition) is 0. The average molecular weight is 253 g/mol. The topological polar surface area (TPSA) is 12.5 Å². The third-order valence-corrected chi connectivity index (χ3v) is 2.89. The molecule has 0 rings (SSSR count). The van der Waals surface area contributed by atoms with E-state index in [4.69, 9.17) is 4.74 Å². The predicted molar refractivity (Wildman–Crippen MR) is 80.9 cm³/mol. The van der Waals surface area contributed by atoms with Gasteiger partial charge in [0.2, 0.25) is 0 Å². The van der Waals surface area contributed by atoms with E-state index in [0.717, 1.165) is 19.5 Å². The smallest absolute Gasteiger partial charge is 0.0703 e. The van der Waals surface area contributed by atoms with Gasteiger partial charge in [0.05, 0.1) is 6.10 Å². The molecule has 0 radical (unpaired) electrons. The maximum Gasteiger partial charge on any atom is 0.0703 e. The second-order valence-electron chi connectivity index (χ2n) is 6.18. The van der Waals surface area contributed by atoms with Crippen LogP contribution in [0.25, 0.3) is 0 Å². The van der Waals surface area contributed by atoms with Gasteiger partial charge in [-0.3, -0.25) is 4.90 Å². The highest BCUT2D eigenvalue weighted by Crippen LogP contribution is 2.22. The Morgan fingerprint density at radius 2 is 1.89 bits per heavy atom. The highest BCUT2D eigenvalue weighted by Gasteiger charge is 2.19. The van der Waals surface area contributed by atoms with Crippen LogP contribution in [0.5, 0.6) is 0 Å². The van der Waals surface area contributed by atoms with E-state index in [0.29, 0.717) is 11.5 Å². The van der Waals surface area contributed by atoms with Crippen LogP contribution in [-0.2, 0) is 4.74 Å². The van der Waals surface area contributed by atoms with Crippen LogP contribution < -0.4 is 0 Å². The maximum atomic E-state index is 5.59. The highest BCUT2D eigenvalue weighted by molar-refractivity contribution is 5.18. The van der Waals surface area contributed by atoms with Gasteiger partial charge >= 0.3 is 0 Å². The Kier molecular flexibility index (Phi) is 8.21. The lowest BCUT2D eigenvalue weighted by Crippen LogP contribution is -2.34. The molecule has 0 aromatic carbocycles. The van der Waals surface area contributed by atoms with Crippen LogP contribution in [0, 0.1) is 5.41 Å². The molecule has 106 valence electrons. The first-order chi connectivity index (χ1) is 8.32. The van der Waals surface area contributed by atoms with E-state index in [1.165, 1.54) is 5.57 Å². The molecular formula is C16H31NO. The predicted octanol–water partition coefficient (Wildman–Crippen LogP) is 3.89. The molecule has 0 heterocycles. The summed E-state index contributed by atoms with van der Waals surface area (Å²) < 4.78 is 5.59. The molecule has 0 fully saturated rings. The number of rotatable bonds is 7. The Bertz CT molecular complexity index is 273. The molecule has 0 bridgehead atoms. The summed E-state index contributed by atoms with van der Waals surface area (Å²) in [5, 5.41) is 0. The lowest BCUT2D eigenvalue weighted by molar-refractivity contribution is 0.0435. The van der Waals surface area contributed by atoms with Crippen LogP contribution in [0.4, 0.5) is 0 Å². The van der Waals surface area contributed by atoms with Gasteiger partial charge in [-0.15, -0.1) is 0 Å². The van der Waals surface area contributed by atoms with Gasteiger partial charge in [-0.25, -0.2) is 0 Å². The van der Waals surface area contributed by atoms with E-state index in [9.17, 15) is 0 Å². The van der Waals surface area contributed by atoms with Crippen molar-refractivity contribution < 1.29 is 4.74 Å². The van der Waals surface area contributed by atoms with E-state index in [-0.39, 0.29) is 0 Å². The van der Waals surface area contributed by atoms with Gasteiger partial charge in [0.25, 0.3) is 0 Å². The van der Waals surface area contributed by atoms with Gasteiger partial charge in [0, 0.05) is 20.2 Å². The van der Waals surface area contributed by atoms with Gasteiger partial charge in [-0.1, -0.05) is 39.0 Å². The molecular weight excluding hydrogens is 222 g/mol. The van der Waals surface area contributed by atoms with Gasteiger partial charge in [-0.2, -0.15) is 0 Å². The minimum Gasteiger partial charge on any atom is -0.380 e. The number of allylic oxidation sites excluding steroid dienone is 2. The van der Waals surface area contributed by atoms with Crippen LogP contribution in [0.3, 0.4) is 0 Å². The average Bonchev–Trinajstić information content (AvgIpc) is 2.25. The Balaban J connectivity index is 4.31. The molecule has 2 heteroatoms. The Hall–Kier alpha value is -0.600. The summed E-state index contributed by atoms with van der Waals surface area (Å²) in [6, 6.07) is 0. The molecule has 0 N–H and O–H groups in total. The van der Waals surface area contributed by atoms with Crippen molar-refractivity contribution in [2.24, 2.45) is 5.41 Å². The molecule has 0 aromatic heterocycles. The standard InChI is InChI=1S/C16H31NO/c1-8-10-14(9-2)12-17(6)13-15(18-7)11-16(3,4)5/h8-10,15H,11-13H2,1-7H3/b10-8-,14-9+. The van der Waals surface area contributed by atoms with Crippen molar-refractivity contribution >= 4 is 0 Å². The first kappa shape index (κ1) is 17.4. The zero-order valence-electron chi connectivity index (χ0n) is 13.3. The number of methoxy groups -OCH3 is 1. The van der Waals surface area contributed by atoms with Crippen molar-refractivity contribution in [2.45, 2.75) is 47.1 Å². The lowest BCUT2D eigenvalue weighted by Gasteiger charge is -2.28. The summed E-state index contributed by atoms with van der Waals surface area (Å²) in [6.45, 7) is 12.9. The molecule has 1 unspecified atom stereocenters. The van der Waals surface area contributed by atoms with E-state index < -0.39 is 0 Å². The minimum absolute atomic E-state index is 0.304. The van der Waals surface area contributed by atoms with Crippen molar-refractivity contribution in [3.8, 4) is 0 Å². The largest absolute Gasteiger partial charge is 0.380 e. The Labute approximate surface area is 114 Å². The molecule has 0 amide bonds. The van der Waals surface area contributed by atoms with Crippen LogP contribution in [0.15, 0.2) is 23.8 Å². The summed E-state index contributed by atoms with van der Waals surface area (Å²) in [5.74, 6) is 0. The van der Waals surface area contributed by atoms with Crippen molar-refractivity contribution in [3.63, 3.8) is 0 Å². The fraction of sp³-hybridized carbons (Fsp3) is 0.750. The molecule has 0 aliphatic heterocycles.